The summed E-state index contributed by atoms with van der Waals surface area (Å²) in [6.45, 7) is 5.83. The van der Waals surface area contributed by atoms with Crippen LogP contribution >= 0.6 is 11.3 Å². The fraction of sp³-hybridized carbons (Fsp3) is 0.529. The standard InChI is InChI=1S/C17H23N3OS/c1-12(2)9-20-11-18-7-13(20)8-19-17(21)15-10-22-16-6-4-3-5-14(15)16/h7,10-12H,3-6,8-9H2,1-2H3,(H,19,21). The van der Waals surface area contributed by atoms with Gasteiger partial charge in [0.2, 0.25) is 0 Å². The largest absolute Gasteiger partial charge is 0.346 e. The highest BCUT2D eigenvalue weighted by molar-refractivity contribution is 7.10. The van der Waals surface area contributed by atoms with Gasteiger partial charge in [-0.05, 0) is 37.2 Å². The van der Waals surface area contributed by atoms with Gasteiger partial charge in [0, 0.05) is 23.0 Å². The number of nitrogens with zero attached hydrogens (tertiary/aromatic N) is 2. The van der Waals surface area contributed by atoms with Gasteiger partial charge in [-0.25, -0.2) is 4.98 Å². The van der Waals surface area contributed by atoms with Crippen LogP contribution in [0.15, 0.2) is 17.9 Å². The van der Waals surface area contributed by atoms with Crippen LogP contribution in [0, 0.1) is 5.92 Å². The number of fused-ring (bicyclic) bond motifs is 1. The second-order valence-corrected chi connectivity index (χ2v) is 7.34. The molecule has 5 heteroatoms. The first kappa shape index (κ1) is 15.3. The first-order chi connectivity index (χ1) is 10.6. The average molecular weight is 317 g/mol. The number of carbonyl (C=O) groups is 1. The van der Waals surface area contributed by atoms with Gasteiger partial charge in [0.25, 0.3) is 5.91 Å². The molecule has 0 bridgehead atoms. The maximum absolute atomic E-state index is 12.5. The zero-order chi connectivity index (χ0) is 15.5. The van der Waals surface area contributed by atoms with Gasteiger partial charge in [-0.1, -0.05) is 13.8 Å². The van der Waals surface area contributed by atoms with Crippen LogP contribution in [0.3, 0.4) is 0 Å². The number of hydrogen-bond donors (Lipinski definition) is 1. The molecule has 0 spiro atoms. The Hall–Kier alpha value is -1.62. The van der Waals surface area contributed by atoms with Gasteiger partial charge in [0.05, 0.1) is 24.1 Å². The minimum atomic E-state index is 0.0525. The molecule has 22 heavy (non-hydrogen) atoms. The van der Waals surface area contributed by atoms with Crippen molar-refractivity contribution in [2.75, 3.05) is 0 Å². The van der Waals surface area contributed by atoms with E-state index in [1.165, 1.54) is 23.3 Å². The number of aromatic nitrogens is 2. The van der Waals surface area contributed by atoms with Crippen LogP contribution in [-0.2, 0) is 25.9 Å². The van der Waals surface area contributed by atoms with Crippen molar-refractivity contribution in [3.05, 3.63) is 39.6 Å². The normalized spacial score (nSPS) is 14.1. The van der Waals surface area contributed by atoms with E-state index in [-0.39, 0.29) is 5.91 Å². The van der Waals surface area contributed by atoms with Crippen molar-refractivity contribution in [2.45, 2.75) is 52.6 Å². The molecule has 1 amide bonds. The highest BCUT2D eigenvalue weighted by Crippen LogP contribution is 2.30. The fourth-order valence-electron chi connectivity index (χ4n) is 3.00. The topological polar surface area (TPSA) is 46.9 Å². The van der Waals surface area contributed by atoms with E-state index in [1.54, 1.807) is 11.3 Å². The van der Waals surface area contributed by atoms with Crippen LogP contribution in [0.5, 0.6) is 0 Å². The van der Waals surface area contributed by atoms with E-state index in [0.717, 1.165) is 30.6 Å². The van der Waals surface area contributed by atoms with Crippen LogP contribution in [0.25, 0.3) is 0 Å². The van der Waals surface area contributed by atoms with Gasteiger partial charge in [-0.3, -0.25) is 4.79 Å². The third-order valence-electron chi connectivity index (χ3n) is 4.10. The number of nitrogens with one attached hydrogen (secondary N) is 1. The highest BCUT2D eigenvalue weighted by Gasteiger charge is 2.20. The maximum atomic E-state index is 12.5. The summed E-state index contributed by atoms with van der Waals surface area (Å²) in [7, 11) is 0. The van der Waals surface area contributed by atoms with Crippen molar-refractivity contribution < 1.29 is 4.79 Å². The summed E-state index contributed by atoms with van der Waals surface area (Å²) in [4.78, 5) is 18.1. The molecular formula is C17H23N3OS. The van der Waals surface area contributed by atoms with E-state index in [4.69, 9.17) is 0 Å². The first-order valence-electron chi connectivity index (χ1n) is 8.01. The van der Waals surface area contributed by atoms with Crippen LogP contribution < -0.4 is 5.32 Å². The van der Waals surface area contributed by atoms with Crippen molar-refractivity contribution in [1.82, 2.24) is 14.9 Å². The predicted molar refractivity (Wildman–Crippen MR) is 89.2 cm³/mol. The first-order valence-corrected chi connectivity index (χ1v) is 8.89. The Bertz CT molecular complexity index is 657. The van der Waals surface area contributed by atoms with Gasteiger partial charge >= 0.3 is 0 Å². The Labute approximate surface area is 135 Å². The van der Waals surface area contributed by atoms with Crippen LogP contribution in [-0.4, -0.2) is 15.5 Å². The lowest BCUT2D eigenvalue weighted by atomic mass is 9.96. The predicted octanol–water partition coefficient (Wildman–Crippen LogP) is 3.41. The molecule has 0 saturated heterocycles. The third kappa shape index (κ3) is 3.24. The Morgan fingerprint density at radius 3 is 3.05 bits per heavy atom. The average Bonchev–Trinajstić information content (AvgIpc) is 3.11. The molecule has 3 rings (SSSR count). The number of hydrogen-bond acceptors (Lipinski definition) is 3. The molecule has 2 aromatic rings. The van der Waals surface area contributed by atoms with Crippen molar-refractivity contribution in [3.8, 4) is 0 Å². The number of aryl methyl sites for hydroxylation is 1. The highest BCUT2D eigenvalue weighted by atomic mass is 32.1. The molecule has 1 N–H and O–H groups in total. The molecule has 1 aliphatic rings. The molecule has 0 aliphatic heterocycles. The number of amides is 1. The lowest BCUT2D eigenvalue weighted by Crippen LogP contribution is -2.25. The molecule has 0 atom stereocenters. The Balaban J connectivity index is 1.66. The molecule has 118 valence electrons. The number of carbonyl (C=O) groups excluding carboxylic acids is 1. The van der Waals surface area contributed by atoms with Crippen molar-refractivity contribution in [3.63, 3.8) is 0 Å². The van der Waals surface area contributed by atoms with Crippen LogP contribution in [0.2, 0.25) is 0 Å². The lowest BCUT2D eigenvalue weighted by Gasteiger charge is -2.13. The summed E-state index contributed by atoms with van der Waals surface area (Å²) >= 11 is 1.74. The van der Waals surface area contributed by atoms with Gasteiger partial charge < -0.3 is 9.88 Å². The van der Waals surface area contributed by atoms with Gasteiger partial charge in [-0.2, -0.15) is 0 Å². The Kier molecular flexibility index (Phi) is 4.62. The summed E-state index contributed by atoms with van der Waals surface area (Å²) in [5.41, 5.74) is 3.23. The van der Waals surface area contributed by atoms with Crippen molar-refractivity contribution in [1.29, 1.82) is 0 Å². The minimum Gasteiger partial charge on any atom is -0.346 e. The molecular weight excluding hydrogens is 294 g/mol. The number of imidazole rings is 1. The summed E-state index contributed by atoms with van der Waals surface area (Å²) in [6.07, 6.45) is 8.31. The quantitative estimate of drug-likeness (QED) is 0.918. The smallest absolute Gasteiger partial charge is 0.252 e. The minimum absolute atomic E-state index is 0.0525. The van der Waals surface area contributed by atoms with E-state index in [1.807, 2.05) is 17.9 Å². The fourth-order valence-corrected chi connectivity index (χ4v) is 4.13. The number of rotatable bonds is 5. The summed E-state index contributed by atoms with van der Waals surface area (Å²) in [5, 5.41) is 5.08. The van der Waals surface area contributed by atoms with E-state index >= 15 is 0 Å². The van der Waals surface area contributed by atoms with Gasteiger partial charge in [0.1, 0.15) is 0 Å². The summed E-state index contributed by atoms with van der Waals surface area (Å²) in [6, 6.07) is 0. The Morgan fingerprint density at radius 2 is 2.23 bits per heavy atom. The number of thiophene rings is 1. The second kappa shape index (κ2) is 6.65. The molecule has 2 aromatic heterocycles. The summed E-state index contributed by atoms with van der Waals surface area (Å²) in [5.74, 6) is 0.615. The van der Waals surface area contributed by atoms with Gasteiger partial charge in [-0.15, -0.1) is 11.3 Å². The molecule has 0 radical (unpaired) electrons. The summed E-state index contributed by atoms with van der Waals surface area (Å²) < 4.78 is 2.12. The van der Waals surface area contributed by atoms with Gasteiger partial charge in [0.15, 0.2) is 0 Å². The van der Waals surface area contributed by atoms with E-state index in [2.05, 4.69) is 28.7 Å². The molecule has 1 aliphatic carbocycles. The van der Waals surface area contributed by atoms with Crippen LogP contribution in [0.4, 0.5) is 0 Å². The monoisotopic (exact) mass is 317 g/mol. The molecule has 0 saturated carbocycles. The van der Waals surface area contributed by atoms with Crippen LogP contribution in [0.1, 0.15) is 53.2 Å². The molecule has 2 heterocycles. The lowest BCUT2D eigenvalue weighted by molar-refractivity contribution is 0.0949. The molecule has 4 nitrogen and oxygen atoms in total. The maximum Gasteiger partial charge on any atom is 0.252 e. The molecule has 0 fully saturated rings. The van der Waals surface area contributed by atoms with E-state index in [9.17, 15) is 4.79 Å². The molecule has 0 aromatic carbocycles. The van der Waals surface area contributed by atoms with E-state index < -0.39 is 0 Å². The SMILES string of the molecule is CC(C)Cn1cncc1CNC(=O)c1csc2c1CCCC2. The third-order valence-corrected chi connectivity index (χ3v) is 5.19. The second-order valence-electron chi connectivity index (χ2n) is 6.37. The van der Waals surface area contributed by atoms with E-state index in [0.29, 0.717) is 12.5 Å². The molecule has 0 unspecified atom stereocenters. The zero-order valence-corrected chi connectivity index (χ0v) is 14.1. The Morgan fingerprint density at radius 1 is 1.41 bits per heavy atom. The zero-order valence-electron chi connectivity index (χ0n) is 13.3. The van der Waals surface area contributed by atoms with Crippen molar-refractivity contribution in [2.24, 2.45) is 5.92 Å². The van der Waals surface area contributed by atoms with Crippen molar-refractivity contribution >= 4 is 17.2 Å².